The van der Waals surface area contributed by atoms with E-state index in [0.717, 1.165) is 0 Å². The van der Waals surface area contributed by atoms with Crippen LogP contribution in [-0.4, -0.2) is 30.1 Å². The van der Waals surface area contributed by atoms with E-state index in [-0.39, 0.29) is 30.2 Å². The summed E-state index contributed by atoms with van der Waals surface area (Å²) in [7, 11) is 0. The molecule has 2 rings (SSSR count). The van der Waals surface area contributed by atoms with Crippen LogP contribution < -0.4 is 0 Å². The fourth-order valence-electron chi connectivity index (χ4n) is 2.67. The third-order valence-corrected chi connectivity index (χ3v) is 4.14. The van der Waals surface area contributed by atoms with Gasteiger partial charge in [-0.1, -0.05) is 23.7 Å². The van der Waals surface area contributed by atoms with E-state index in [4.69, 9.17) is 32.7 Å². The zero-order valence-electron chi connectivity index (χ0n) is 14.8. The highest BCUT2D eigenvalue weighted by atomic mass is 35.5. The number of carbonyl (C=O) groups excluding carboxylic acids is 2. The van der Waals surface area contributed by atoms with E-state index in [1.165, 1.54) is 0 Å². The van der Waals surface area contributed by atoms with E-state index in [9.17, 15) is 9.59 Å². The molecule has 2 aromatic rings. The number of benzene rings is 1. The Morgan fingerprint density at radius 1 is 1.08 bits per heavy atom. The minimum absolute atomic E-state index is 0.00828. The summed E-state index contributed by atoms with van der Waals surface area (Å²) in [5, 5.41) is 0.467. The van der Waals surface area contributed by atoms with E-state index >= 15 is 0 Å². The Labute approximate surface area is 162 Å². The zero-order chi connectivity index (χ0) is 19.3. The maximum atomic E-state index is 12.6. The molecule has 0 aliphatic carbocycles. The molecule has 1 aromatic carbocycles. The summed E-state index contributed by atoms with van der Waals surface area (Å²) in [5.74, 6) is -1.18. The lowest BCUT2D eigenvalue weighted by Gasteiger charge is -2.18. The minimum Gasteiger partial charge on any atom is -0.462 e. The van der Waals surface area contributed by atoms with Crippen LogP contribution in [0.1, 0.15) is 46.0 Å². The third kappa shape index (κ3) is 4.17. The van der Waals surface area contributed by atoms with Crippen molar-refractivity contribution in [3.63, 3.8) is 0 Å². The normalized spacial score (nSPS) is 10.5. The summed E-state index contributed by atoms with van der Waals surface area (Å²) in [6, 6.07) is 6.86. The topological polar surface area (TPSA) is 65.5 Å². The molecule has 26 heavy (non-hydrogen) atoms. The Morgan fingerprint density at radius 3 is 2.23 bits per heavy atom. The molecule has 5 nitrogen and oxygen atoms in total. The number of alkyl halides is 1. The summed E-state index contributed by atoms with van der Waals surface area (Å²) in [5.41, 5.74) is 2.06. The molecule has 0 bridgehead atoms. The van der Waals surface area contributed by atoms with Crippen LogP contribution >= 0.6 is 23.2 Å². The molecule has 0 atom stereocenters. The molecule has 1 heterocycles. The van der Waals surface area contributed by atoms with Gasteiger partial charge in [-0.15, -0.1) is 11.6 Å². The maximum absolute atomic E-state index is 12.6. The van der Waals surface area contributed by atoms with Crippen LogP contribution in [0.3, 0.4) is 0 Å². The Hall–Kier alpha value is -2.11. The summed E-state index contributed by atoms with van der Waals surface area (Å²) in [6.07, 6.45) is 0. The van der Waals surface area contributed by atoms with Crippen LogP contribution in [0.2, 0.25) is 5.02 Å². The molecular weight excluding hydrogens is 377 g/mol. The van der Waals surface area contributed by atoms with Gasteiger partial charge in [0.25, 0.3) is 0 Å². The molecular formula is C19H19Cl2NO4. The number of carbonyl (C=O) groups is 2. The number of aromatic nitrogens is 1. The van der Waals surface area contributed by atoms with Crippen LogP contribution in [0.5, 0.6) is 0 Å². The number of pyridine rings is 1. The predicted molar refractivity (Wildman–Crippen MR) is 101 cm³/mol. The highest BCUT2D eigenvalue weighted by Gasteiger charge is 2.28. The highest BCUT2D eigenvalue weighted by Crippen LogP contribution is 2.34. The average molecular weight is 396 g/mol. The molecule has 0 amide bonds. The fraction of sp³-hybridized carbons (Fsp3) is 0.316. The number of halogens is 2. The Balaban J connectivity index is 2.90. The number of hydrogen-bond donors (Lipinski definition) is 0. The summed E-state index contributed by atoms with van der Waals surface area (Å²) in [6.45, 7) is 5.45. The number of rotatable bonds is 6. The molecule has 0 N–H and O–H groups in total. The van der Waals surface area contributed by atoms with Gasteiger partial charge in [0.15, 0.2) is 0 Å². The van der Waals surface area contributed by atoms with Gasteiger partial charge in [-0.3, -0.25) is 4.98 Å². The maximum Gasteiger partial charge on any atom is 0.340 e. The fourth-order valence-corrected chi connectivity index (χ4v) is 3.05. The van der Waals surface area contributed by atoms with Crippen molar-refractivity contribution in [2.24, 2.45) is 0 Å². The molecule has 0 saturated heterocycles. The van der Waals surface area contributed by atoms with Crippen LogP contribution in [0.15, 0.2) is 24.3 Å². The van der Waals surface area contributed by atoms with Crippen molar-refractivity contribution in [1.82, 2.24) is 4.98 Å². The van der Waals surface area contributed by atoms with Crippen molar-refractivity contribution in [2.75, 3.05) is 13.2 Å². The molecule has 1 aromatic heterocycles. The molecule has 0 aliphatic rings. The van der Waals surface area contributed by atoms with E-state index in [1.807, 2.05) is 0 Å². The van der Waals surface area contributed by atoms with Crippen molar-refractivity contribution in [2.45, 2.75) is 26.7 Å². The molecule has 0 radical (unpaired) electrons. The Kier molecular flexibility index (Phi) is 7.00. The number of hydrogen-bond acceptors (Lipinski definition) is 5. The van der Waals surface area contributed by atoms with Gasteiger partial charge in [-0.25, -0.2) is 9.59 Å². The number of aryl methyl sites for hydroxylation is 1. The molecule has 0 aliphatic heterocycles. The van der Waals surface area contributed by atoms with Gasteiger partial charge < -0.3 is 9.47 Å². The first-order valence-electron chi connectivity index (χ1n) is 8.14. The molecule has 7 heteroatoms. The predicted octanol–water partition coefficient (Wildman–Crippen LogP) is 4.80. The zero-order valence-corrected chi connectivity index (χ0v) is 16.3. The van der Waals surface area contributed by atoms with Crippen molar-refractivity contribution < 1.29 is 19.1 Å². The van der Waals surface area contributed by atoms with Gasteiger partial charge in [0.05, 0.1) is 41.6 Å². The van der Waals surface area contributed by atoms with Crippen LogP contribution in [-0.2, 0) is 15.4 Å². The number of nitrogens with zero attached hydrogens (tertiary/aromatic N) is 1. The first-order valence-corrected chi connectivity index (χ1v) is 9.05. The van der Waals surface area contributed by atoms with Crippen LogP contribution in [0, 0.1) is 6.92 Å². The van der Waals surface area contributed by atoms with Gasteiger partial charge in [0.2, 0.25) is 0 Å². The Bertz CT molecular complexity index is 837. The second-order valence-electron chi connectivity index (χ2n) is 5.35. The number of esters is 2. The van der Waals surface area contributed by atoms with Crippen molar-refractivity contribution in [3.8, 4) is 11.1 Å². The highest BCUT2D eigenvalue weighted by molar-refractivity contribution is 6.31. The third-order valence-electron chi connectivity index (χ3n) is 3.65. The summed E-state index contributed by atoms with van der Waals surface area (Å²) >= 11 is 12.1. The lowest BCUT2D eigenvalue weighted by atomic mass is 9.92. The minimum atomic E-state index is -0.601. The second kappa shape index (κ2) is 9.01. The molecule has 0 saturated carbocycles. The van der Waals surface area contributed by atoms with Crippen molar-refractivity contribution >= 4 is 35.1 Å². The second-order valence-corrected chi connectivity index (χ2v) is 6.06. The molecule has 0 fully saturated rings. The van der Waals surface area contributed by atoms with E-state index in [0.29, 0.717) is 27.5 Å². The monoisotopic (exact) mass is 395 g/mol. The number of ether oxygens (including phenoxy) is 2. The van der Waals surface area contributed by atoms with E-state index < -0.39 is 11.9 Å². The summed E-state index contributed by atoms with van der Waals surface area (Å²) in [4.78, 5) is 29.6. The van der Waals surface area contributed by atoms with Crippen molar-refractivity contribution in [3.05, 3.63) is 51.8 Å². The SMILES string of the molecule is CCOC(=O)c1c(C)nc(CCl)c(C(=O)OCC)c1-c1cccc(Cl)c1. The molecule has 0 spiro atoms. The lowest BCUT2D eigenvalue weighted by Crippen LogP contribution is -2.18. The smallest absolute Gasteiger partial charge is 0.340 e. The first kappa shape index (κ1) is 20.2. The van der Waals surface area contributed by atoms with Gasteiger partial charge >= 0.3 is 11.9 Å². The largest absolute Gasteiger partial charge is 0.462 e. The summed E-state index contributed by atoms with van der Waals surface area (Å²) < 4.78 is 10.3. The van der Waals surface area contributed by atoms with Crippen LogP contribution in [0.25, 0.3) is 11.1 Å². The lowest BCUT2D eigenvalue weighted by molar-refractivity contribution is 0.0525. The molecule has 138 valence electrons. The van der Waals surface area contributed by atoms with Gasteiger partial charge in [0.1, 0.15) is 0 Å². The van der Waals surface area contributed by atoms with E-state index in [1.54, 1.807) is 45.0 Å². The quantitative estimate of drug-likeness (QED) is 0.518. The van der Waals surface area contributed by atoms with Crippen molar-refractivity contribution in [1.29, 1.82) is 0 Å². The first-order chi connectivity index (χ1) is 12.4. The van der Waals surface area contributed by atoms with Gasteiger partial charge in [-0.2, -0.15) is 0 Å². The average Bonchev–Trinajstić information content (AvgIpc) is 2.60. The van der Waals surface area contributed by atoms with Crippen LogP contribution in [0.4, 0.5) is 0 Å². The van der Waals surface area contributed by atoms with Gasteiger partial charge in [0, 0.05) is 10.6 Å². The van der Waals surface area contributed by atoms with Gasteiger partial charge in [-0.05, 0) is 38.5 Å². The molecule has 0 unspecified atom stereocenters. The Morgan fingerprint density at radius 2 is 1.69 bits per heavy atom. The standard InChI is InChI=1S/C19H19Cl2NO4/c1-4-25-18(23)15-11(3)22-14(10-20)17(19(24)26-5-2)16(15)12-7-6-8-13(21)9-12/h6-9H,4-5,10H2,1-3H3. The van der Waals surface area contributed by atoms with E-state index in [2.05, 4.69) is 4.98 Å².